The third-order valence-corrected chi connectivity index (χ3v) is 6.06. The first kappa shape index (κ1) is 17.4. The highest BCUT2D eigenvalue weighted by molar-refractivity contribution is 7.92. The van der Waals surface area contributed by atoms with Crippen LogP contribution < -0.4 is 5.32 Å². The minimum absolute atomic E-state index is 0.0921. The molecule has 122 valence electrons. The van der Waals surface area contributed by atoms with E-state index in [9.17, 15) is 8.42 Å². The molecule has 0 radical (unpaired) electrons. The second kappa shape index (κ2) is 8.09. The molecule has 2 rings (SSSR count). The van der Waals surface area contributed by atoms with Gasteiger partial charge in [0.15, 0.2) is 9.84 Å². The van der Waals surface area contributed by atoms with Gasteiger partial charge in [-0.05, 0) is 31.0 Å². The fraction of sp³-hybridized carbons (Fsp3) is 0.263. The lowest BCUT2D eigenvalue weighted by molar-refractivity contribution is 0.534. The Balaban J connectivity index is 2.11. The summed E-state index contributed by atoms with van der Waals surface area (Å²) in [5.41, 5.74) is 1.14. The van der Waals surface area contributed by atoms with E-state index in [2.05, 4.69) is 11.9 Å². The molecule has 0 spiro atoms. The Bertz CT molecular complexity index is 712. The number of sulfone groups is 1. The lowest BCUT2D eigenvalue weighted by Crippen LogP contribution is -2.34. The van der Waals surface area contributed by atoms with Gasteiger partial charge in [0, 0.05) is 12.6 Å². The van der Waals surface area contributed by atoms with E-state index < -0.39 is 15.1 Å². The summed E-state index contributed by atoms with van der Waals surface area (Å²) in [5.74, 6) is 0. The zero-order chi connectivity index (χ0) is 16.7. The van der Waals surface area contributed by atoms with Crippen molar-refractivity contribution in [1.82, 2.24) is 5.32 Å². The van der Waals surface area contributed by atoms with Crippen LogP contribution in [0.15, 0.2) is 78.2 Å². The summed E-state index contributed by atoms with van der Waals surface area (Å²) in [5, 5.41) is 2.81. The third kappa shape index (κ3) is 4.53. The van der Waals surface area contributed by atoms with Crippen LogP contribution in [0.5, 0.6) is 0 Å². The molecule has 0 heterocycles. The fourth-order valence-electron chi connectivity index (χ4n) is 2.48. The normalized spacial score (nSPS) is 14.1. The first-order valence-corrected chi connectivity index (χ1v) is 9.28. The molecule has 2 aromatic rings. The number of rotatable bonds is 8. The van der Waals surface area contributed by atoms with Crippen LogP contribution in [0.3, 0.4) is 0 Å². The van der Waals surface area contributed by atoms with E-state index in [4.69, 9.17) is 0 Å². The van der Waals surface area contributed by atoms with Crippen molar-refractivity contribution in [3.63, 3.8) is 0 Å². The molecule has 0 bridgehead atoms. The molecule has 3 nitrogen and oxygen atoms in total. The summed E-state index contributed by atoms with van der Waals surface area (Å²) in [6, 6.07) is 18.7. The van der Waals surface area contributed by atoms with Crippen LogP contribution in [-0.2, 0) is 9.84 Å². The van der Waals surface area contributed by atoms with Gasteiger partial charge in [-0.15, -0.1) is 6.58 Å². The van der Waals surface area contributed by atoms with Crippen LogP contribution in [0.25, 0.3) is 0 Å². The van der Waals surface area contributed by atoms with Crippen molar-refractivity contribution < 1.29 is 8.42 Å². The SMILES string of the molecule is C=CC[C@H](CN[C@H](C)c1ccccc1)S(=O)(=O)c1ccccc1. The van der Waals surface area contributed by atoms with Crippen molar-refractivity contribution in [2.24, 2.45) is 0 Å². The van der Waals surface area contributed by atoms with Crippen molar-refractivity contribution >= 4 is 9.84 Å². The molecule has 0 saturated heterocycles. The largest absolute Gasteiger partial charge is 0.309 e. The number of hydrogen-bond donors (Lipinski definition) is 1. The highest BCUT2D eigenvalue weighted by Gasteiger charge is 2.26. The van der Waals surface area contributed by atoms with Crippen LogP contribution in [0, 0.1) is 0 Å². The van der Waals surface area contributed by atoms with E-state index in [1.165, 1.54) is 0 Å². The summed E-state index contributed by atoms with van der Waals surface area (Å²) in [4.78, 5) is 0.362. The highest BCUT2D eigenvalue weighted by atomic mass is 32.2. The molecule has 0 aliphatic rings. The highest BCUT2D eigenvalue weighted by Crippen LogP contribution is 2.19. The zero-order valence-corrected chi connectivity index (χ0v) is 14.2. The Morgan fingerprint density at radius 1 is 1.04 bits per heavy atom. The van der Waals surface area contributed by atoms with Crippen molar-refractivity contribution in [3.8, 4) is 0 Å². The topological polar surface area (TPSA) is 46.2 Å². The van der Waals surface area contributed by atoms with Gasteiger partial charge in [-0.2, -0.15) is 0 Å². The van der Waals surface area contributed by atoms with Crippen LogP contribution in [0.2, 0.25) is 0 Å². The number of benzene rings is 2. The van der Waals surface area contributed by atoms with Gasteiger partial charge in [0.05, 0.1) is 10.1 Å². The van der Waals surface area contributed by atoms with Crippen LogP contribution >= 0.6 is 0 Å². The molecule has 0 aromatic heterocycles. The smallest absolute Gasteiger partial charge is 0.182 e. The number of allylic oxidation sites excluding steroid dienone is 1. The van der Waals surface area contributed by atoms with Gasteiger partial charge in [-0.3, -0.25) is 0 Å². The molecule has 0 aliphatic heterocycles. The average molecular weight is 329 g/mol. The first-order valence-electron chi connectivity index (χ1n) is 7.74. The molecule has 0 aliphatic carbocycles. The molecule has 0 unspecified atom stereocenters. The van der Waals surface area contributed by atoms with Crippen LogP contribution in [0.1, 0.15) is 24.9 Å². The standard InChI is InChI=1S/C19H23NO2S/c1-3-10-19(23(21,22)18-13-8-5-9-14-18)15-20-16(2)17-11-6-4-7-12-17/h3-9,11-14,16,19-20H,1,10,15H2,2H3/t16-,19-/m1/s1. The minimum atomic E-state index is -3.37. The quantitative estimate of drug-likeness (QED) is 0.750. The molecule has 0 amide bonds. The van der Waals surface area contributed by atoms with Gasteiger partial charge in [0.1, 0.15) is 0 Å². The second-order valence-electron chi connectivity index (χ2n) is 5.55. The Morgan fingerprint density at radius 3 is 2.17 bits per heavy atom. The molecule has 23 heavy (non-hydrogen) atoms. The van der Waals surface area contributed by atoms with Crippen molar-refractivity contribution in [1.29, 1.82) is 0 Å². The van der Waals surface area contributed by atoms with Gasteiger partial charge in [0.2, 0.25) is 0 Å². The van der Waals surface area contributed by atoms with E-state index in [1.54, 1.807) is 30.3 Å². The summed E-state index contributed by atoms with van der Waals surface area (Å²) < 4.78 is 25.6. The maximum Gasteiger partial charge on any atom is 0.182 e. The van der Waals surface area contributed by atoms with Crippen LogP contribution in [0.4, 0.5) is 0 Å². The van der Waals surface area contributed by atoms with E-state index in [0.717, 1.165) is 5.56 Å². The molecule has 2 aromatic carbocycles. The summed E-state index contributed by atoms with van der Waals surface area (Å²) in [6.45, 7) is 6.13. The lowest BCUT2D eigenvalue weighted by atomic mass is 10.1. The zero-order valence-electron chi connectivity index (χ0n) is 13.4. The Labute approximate surface area is 139 Å². The molecule has 2 atom stereocenters. The summed E-state index contributed by atoms with van der Waals surface area (Å²) >= 11 is 0. The monoisotopic (exact) mass is 329 g/mol. The second-order valence-corrected chi connectivity index (χ2v) is 7.77. The van der Waals surface area contributed by atoms with Crippen molar-refractivity contribution in [2.75, 3.05) is 6.54 Å². The molecule has 4 heteroatoms. The molecule has 1 N–H and O–H groups in total. The van der Waals surface area contributed by atoms with Crippen LogP contribution in [-0.4, -0.2) is 20.2 Å². The number of nitrogens with one attached hydrogen (secondary N) is 1. The molecular weight excluding hydrogens is 306 g/mol. The summed E-state index contributed by atoms with van der Waals surface area (Å²) in [7, 11) is -3.37. The Hall–Kier alpha value is -1.91. The Kier molecular flexibility index (Phi) is 6.13. The minimum Gasteiger partial charge on any atom is -0.309 e. The van der Waals surface area contributed by atoms with Crippen molar-refractivity contribution in [2.45, 2.75) is 29.5 Å². The van der Waals surface area contributed by atoms with Crippen molar-refractivity contribution in [3.05, 3.63) is 78.9 Å². The maximum absolute atomic E-state index is 12.8. The summed E-state index contributed by atoms with van der Waals surface area (Å²) in [6.07, 6.45) is 2.09. The lowest BCUT2D eigenvalue weighted by Gasteiger charge is -2.20. The van der Waals surface area contributed by atoms with Gasteiger partial charge in [0.25, 0.3) is 0 Å². The van der Waals surface area contributed by atoms with Gasteiger partial charge in [-0.1, -0.05) is 54.6 Å². The van der Waals surface area contributed by atoms with Gasteiger partial charge < -0.3 is 5.32 Å². The fourth-order valence-corrected chi connectivity index (χ4v) is 4.10. The Morgan fingerprint density at radius 2 is 1.61 bits per heavy atom. The average Bonchev–Trinajstić information content (AvgIpc) is 2.59. The molecule has 0 saturated carbocycles. The first-order chi connectivity index (χ1) is 11.1. The van der Waals surface area contributed by atoms with Gasteiger partial charge in [-0.25, -0.2) is 8.42 Å². The van der Waals surface area contributed by atoms with Gasteiger partial charge >= 0.3 is 0 Å². The maximum atomic E-state index is 12.8. The predicted molar refractivity (Wildman–Crippen MR) is 95.1 cm³/mol. The predicted octanol–water partition coefficient (Wildman–Crippen LogP) is 3.76. The third-order valence-electron chi connectivity index (χ3n) is 3.89. The van der Waals surface area contributed by atoms with E-state index in [-0.39, 0.29) is 6.04 Å². The van der Waals surface area contributed by atoms with E-state index in [0.29, 0.717) is 17.9 Å². The molecule has 0 fully saturated rings. The van der Waals surface area contributed by atoms with E-state index in [1.807, 2.05) is 43.3 Å². The number of hydrogen-bond acceptors (Lipinski definition) is 3. The molecular formula is C19H23NO2S. The van der Waals surface area contributed by atoms with E-state index >= 15 is 0 Å².